The third-order valence-electron chi connectivity index (χ3n) is 4.33. The van der Waals surface area contributed by atoms with Crippen LogP contribution in [0.3, 0.4) is 0 Å². The van der Waals surface area contributed by atoms with Crippen molar-refractivity contribution in [2.45, 2.75) is 39.3 Å². The Labute approximate surface area is 162 Å². The molecule has 0 bridgehead atoms. The van der Waals surface area contributed by atoms with Crippen LogP contribution >= 0.6 is 11.3 Å². The highest BCUT2D eigenvalue weighted by atomic mass is 32.1. The van der Waals surface area contributed by atoms with Gasteiger partial charge < -0.3 is 15.5 Å². The molecule has 0 unspecified atom stereocenters. The summed E-state index contributed by atoms with van der Waals surface area (Å²) in [5.41, 5.74) is 2.68. The Kier molecular flexibility index (Phi) is 5.55. The summed E-state index contributed by atoms with van der Waals surface area (Å²) in [4.78, 5) is 35.5. The summed E-state index contributed by atoms with van der Waals surface area (Å²) in [5.74, 6) is 0.204. The SMILES string of the molecule is CC1=C(C(=O)N(C)Cc2csc(C(C)C)n2)[C@H](c2cccnc2)NC(=O)N1. The summed E-state index contributed by atoms with van der Waals surface area (Å²) in [6.45, 7) is 6.34. The zero-order valence-corrected chi connectivity index (χ0v) is 16.6. The smallest absolute Gasteiger partial charge is 0.319 e. The number of carbonyl (C=O) groups excluding carboxylic acids is 2. The normalized spacial score (nSPS) is 16.9. The highest BCUT2D eigenvalue weighted by Gasteiger charge is 2.33. The summed E-state index contributed by atoms with van der Waals surface area (Å²) < 4.78 is 0. The van der Waals surface area contributed by atoms with Gasteiger partial charge in [-0.2, -0.15) is 0 Å². The fraction of sp³-hybridized carbons (Fsp3) is 0.368. The predicted octanol–water partition coefficient (Wildman–Crippen LogP) is 2.95. The third-order valence-corrected chi connectivity index (χ3v) is 5.52. The van der Waals surface area contributed by atoms with Crippen molar-refractivity contribution in [3.8, 4) is 0 Å². The second-order valence-electron chi connectivity index (χ2n) is 6.85. The molecule has 3 heterocycles. The van der Waals surface area contributed by atoms with E-state index in [0.717, 1.165) is 16.3 Å². The van der Waals surface area contributed by atoms with E-state index in [-0.39, 0.29) is 11.9 Å². The van der Waals surface area contributed by atoms with Crippen LogP contribution < -0.4 is 10.6 Å². The van der Waals surface area contributed by atoms with Crippen molar-refractivity contribution in [3.05, 3.63) is 57.4 Å². The molecule has 0 saturated heterocycles. The van der Waals surface area contributed by atoms with Crippen LogP contribution in [0, 0.1) is 0 Å². The van der Waals surface area contributed by atoms with Gasteiger partial charge in [-0.3, -0.25) is 9.78 Å². The van der Waals surface area contributed by atoms with Gasteiger partial charge in [0.25, 0.3) is 5.91 Å². The molecular weight excluding hydrogens is 362 g/mol. The molecular formula is C19H23N5O2S. The lowest BCUT2D eigenvalue weighted by Gasteiger charge is -2.30. The predicted molar refractivity (Wildman–Crippen MR) is 104 cm³/mol. The van der Waals surface area contributed by atoms with Crippen molar-refractivity contribution >= 4 is 23.3 Å². The first kappa shape index (κ1) is 19.0. The quantitative estimate of drug-likeness (QED) is 0.828. The molecule has 0 spiro atoms. The molecule has 142 valence electrons. The summed E-state index contributed by atoms with van der Waals surface area (Å²) in [7, 11) is 1.74. The van der Waals surface area contributed by atoms with Gasteiger partial charge in [-0.15, -0.1) is 11.3 Å². The topological polar surface area (TPSA) is 87.2 Å². The summed E-state index contributed by atoms with van der Waals surface area (Å²) in [5, 5.41) is 8.56. The zero-order chi connectivity index (χ0) is 19.6. The van der Waals surface area contributed by atoms with E-state index in [1.165, 1.54) is 0 Å². The van der Waals surface area contributed by atoms with Gasteiger partial charge in [-0.05, 0) is 18.6 Å². The molecule has 0 aromatic carbocycles. The number of aromatic nitrogens is 2. The van der Waals surface area contributed by atoms with E-state index in [2.05, 4.69) is 34.4 Å². The second-order valence-corrected chi connectivity index (χ2v) is 7.74. The van der Waals surface area contributed by atoms with Gasteiger partial charge >= 0.3 is 6.03 Å². The molecule has 0 radical (unpaired) electrons. The largest absolute Gasteiger partial charge is 0.336 e. The van der Waals surface area contributed by atoms with Crippen LogP contribution in [-0.2, 0) is 11.3 Å². The third kappa shape index (κ3) is 4.16. The van der Waals surface area contributed by atoms with Crippen LogP contribution in [0.1, 0.15) is 49.0 Å². The van der Waals surface area contributed by atoms with Crippen LogP contribution in [-0.4, -0.2) is 33.9 Å². The Morgan fingerprint density at radius 3 is 2.81 bits per heavy atom. The summed E-state index contributed by atoms with van der Waals surface area (Å²) in [6, 6.07) is 2.76. The Morgan fingerprint density at radius 1 is 1.41 bits per heavy atom. The van der Waals surface area contributed by atoms with E-state index >= 15 is 0 Å². The lowest BCUT2D eigenvalue weighted by molar-refractivity contribution is -0.126. The lowest BCUT2D eigenvalue weighted by atomic mass is 9.95. The Balaban J connectivity index is 1.85. The second kappa shape index (κ2) is 7.87. The minimum atomic E-state index is -0.538. The van der Waals surface area contributed by atoms with E-state index in [1.807, 2.05) is 11.4 Å². The molecule has 1 aliphatic rings. The molecule has 0 saturated carbocycles. The summed E-state index contributed by atoms with van der Waals surface area (Å²) >= 11 is 1.61. The van der Waals surface area contributed by atoms with Gasteiger partial charge in [0, 0.05) is 36.4 Å². The fourth-order valence-electron chi connectivity index (χ4n) is 2.95. The van der Waals surface area contributed by atoms with Crippen molar-refractivity contribution in [1.29, 1.82) is 0 Å². The molecule has 3 amide bonds. The lowest BCUT2D eigenvalue weighted by Crippen LogP contribution is -2.47. The number of nitrogens with one attached hydrogen (secondary N) is 2. The molecule has 2 aromatic rings. The Morgan fingerprint density at radius 2 is 2.19 bits per heavy atom. The fourth-order valence-corrected chi connectivity index (χ4v) is 3.78. The average molecular weight is 385 g/mol. The monoisotopic (exact) mass is 385 g/mol. The molecule has 2 N–H and O–H groups in total. The Hall–Kier alpha value is -2.74. The first-order chi connectivity index (χ1) is 12.9. The zero-order valence-electron chi connectivity index (χ0n) is 15.8. The first-order valence-electron chi connectivity index (χ1n) is 8.74. The van der Waals surface area contributed by atoms with Crippen molar-refractivity contribution in [1.82, 2.24) is 25.5 Å². The Bertz CT molecular complexity index is 875. The van der Waals surface area contributed by atoms with Crippen molar-refractivity contribution < 1.29 is 9.59 Å². The number of hydrogen-bond acceptors (Lipinski definition) is 5. The molecule has 7 nitrogen and oxygen atoms in total. The number of pyridine rings is 1. The van der Waals surface area contributed by atoms with Gasteiger partial charge in [0.2, 0.25) is 0 Å². The molecule has 1 atom stereocenters. The maximum absolute atomic E-state index is 13.2. The van der Waals surface area contributed by atoms with Crippen LogP contribution in [0.15, 0.2) is 41.2 Å². The van der Waals surface area contributed by atoms with Crippen molar-refractivity contribution in [2.75, 3.05) is 7.05 Å². The number of thiazole rings is 1. The van der Waals surface area contributed by atoms with Gasteiger partial charge in [0.1, 0.15) is 0 Å². The van der Waals surface area contributed by atoms with Crippen LogP contribution in [0.5, 0.6) is 0 Å². The highest BCUT2D eigenvalue weighted by Crippen LogP contribution is 2.28. The number of carbonyl (C=O) groups is 2. The molecule has 2 aromatic heterocycles. The minimum absolute atomic E-state index is 0.159. The highest BCUT2D eigenvalue weighted by molar-refractivity contribution is 7.09. The number of rotatable bonds is 5. The van der Waals surface area contributed by atoms with Gasteiger partial charge in [-0.25, -0.2) is 9.78 Å². The van der Waals surface area contributed by atoms with Crippen molar-refractivity contribution in [3.63, 3.8) is 0 Å². The number of allylic oxidation sites excluding steroid dienone is 1. The molecule has 1 aliphatic heterocycles. The molecule has 3 rings (SSSR count). The van der Waals surface area contributed by atoms with Crippen LogP contribution in [0.25, 0.3) is 0 Å². The average Bonchev–Trinajstić information content (AvgIpc) is 3.10. The van der Waals surface area contributed by atoms with Gasteiger partial charge in [0.05, 0.1) is 28.9 Å². The molecule has 8 heteroatoms. The van der Waals surface area contributed by atoms with Crippen LogP contribution in [0.4, 0.5) is 4.79 Å². The number of nitrogens with zero attached hydrogens (tertiary/aromatic N) is 3. The number of urea groups is 1. The maximum atomic E-state index is 13.2. The van der Waals surface area contributed by atoms with Gasteiger partial charge in [-0.1, -0.05) is 19.9 Å². The molecule has 27 heavy (non-hydrogen) atoms. The van der Waals surface area contributed by atoms with Crippen molar-refractivity contribution in [2.24, 2.45) is 0 Å². The molecule has 0 fully saturated rings. The van der Waals surface area contributed by atoms with E-state index in [0.29, 0.717) is 23.7 Å². The first-order valence-corrected chi connectivity index (χ1v) is 9.62. The van der Waals surface area contributed by atoms with Crippen LogP contribution in [0.2, 0.25) is 0 Å². The van der Waals surface area contributed by atoms with E-state index in [1.54, 1.807) is 48.7 Å². The number of hydrogen-bond donors (Lipinski definition) is 2. The van der Waals surface area contributed by atoms with E-state index < -0.39 is 6.04 Å². The maximum Gasteiger partial charge on any atom is 0.319 e. The minimum Gasteiger partial charge on any atom is -0.336 e. The molecule has 0 aliphatic carbocycles. The van der Waals surface area contributed by atoms with E-state index in [9.17, 15) is 9.59 Å². The van der Waals surface area contributed by atoms with Gasteiger partial charge in [0.15, 0.2) is 0 Å². The standard InChI is InChI=1S/C19H23N5O2S/c1-11(2)17-22-14(10-27-17)9-24(4)18(25)15-12(3)21-19(26)23-16(15)13-6-5-7-20-8-13/h5-8,10-11,16H,9H2,1-4H3,(H2,21,23,26)/t16-/m0/s1. The number of likely N-dealkylation sites (N-methyl/N-ethyl adjacent to an activating group) is 1. The summed E-state index contributed by atoms with van der Waals surface area (Å²) in [6.07, 6.45) is 3.32. The number of amides is 3. The van der Waals surface area contributed by atoms with E-state index in [4.69, 9.17) is 0 Å².